The Morgan fingerprint density at radius 2 is 1.76 bits per heavy atom. The fourth-order valence-corrected chi connectivity index (χ4v) is 5.32. The van der Waals surface area contributed by atoms with Crippen molar-refractivity contribution < 1.29 is 13.2 Å². The number of halogens is 2. The van der Waals surface area contributed by atoms with Gasteiger partial charge in [-0.15, -0.1) is 0 Å². The van der Waals surface area contributed by atoms with Crippen molar-refractivity contribution in [2.45, 2.75) is 37.1 Å². The number of fused-ring (bicyclic) bond motifs is 1. The van der Waals surface area contributed by atoms with Crippen LogP contribution in [0.5, 0.6) is 0 Å². The minimum Gasteiger partial charge on any atom is -0.353 e. The molecule has 29 heavy (non-hydrogen) atoms. The van der Waals surface area contributed by atoms with Crippen LogP contribution < -0.4 is 10.0 Å². The maximum Gasteiger partial charge on any atom is 0.263 e. The van der Waals surface area contributed by atoms with E-state index in [1.807, 2.05) is 13.8 Å². The summed E-state index contributed by atoms with van der Waals surface area (Å²) in [6.45, 7) is 5.75. The molecule has 0 spiro atoms. The van der Waals surface area contributed by atoms with E-state index in [4.69, 9.17) is 23.2 Å². The van der Waals surface area contributed by atoms with Gasteiger partial charge in [0, 0.05) is 27.6 Å². The van der Waals surface area contributed by atoms with Gasteiger partial charge in [0.15, 0.2) is 0 Å². The predicted octanol–water partition coefficient (Wildman–Crippen LogP) is 3.51. The Balaban J connectivity index is 1.75. The fraction of sp³-hybridized carbons (Fsp3) is 0.300. The third-order valence-electron chi connectivity index (χ3n) is 4.71. The predicted molar refractivity (Wildman–Crippen MR) is 115 cm³/mol. The van der Waals surface area contributed by atoms with E-state index >= 15 is 0 Å². The van der Waals surface area contributed by atoms with Crippen molar-refractivity contribution in [3.8, 4) is 0 Å². The summed E-state index contributed by atoms with van der Waals surface area (Å²) in [5, 5.41) is 3.91. The topological polar surface area (TPSA) is 87.6 Å². The summed E-state index contributed by atoms with van der Waals surface area (Å²) in [6, 6.07) is 11.0. The van der Waals surface area contributed by atoms with Crippen molar-refractivity contribution in [3.63, 3.8) is 0 Å². The van der Waals surface area contributed by atoms with Crippen LogP contribution in [0.3, 0.4) is 0 Å². The minimum absolute atomic E-state index is 0.154. The lowest BCUT2D eigenvalue weighted by atomic mass is 9.84. The quantitative estimate of drug-likeness (QED) is 0.725. The van der Waals surface area contributed by atoms with E-state index < -0.39 is 21.5 Å². The van der Waals surface area contributed by atoms with Gasteiger partial charge in [-0.05, 0) is 36.8 Å². The first-order chi connectivity index (χ1) is 13.5. The first kappa shape index (κ1) is 21.6. The van der Waals surface area contributed by atoms with E-state index in [0.29, 0.717) is 15.6 Å². The Morgan fingerprint density at radius 3 is 2.41 bits per heavy atom. The highest BCUT2D eigenvalue weighted by Gasteiger charge is 2.32. The second kappa shape index (κ2) is 7.97. The van der Waals surface area contributed by atoms with Gasteiger partial charge < -0.3 is 5.32 Å². The average Bonchev–Trinajstić information content (AvgIpc) is 2.90. The highest BCUT2D eigenvalue weighted by molar-refractivity contribution is 7.90. The number of amidine groups is 1. The van der Waals surface area contributed by atoms with Gasteiger partial charge in [0.05, 0.1) is 4.90 Å². The van der Waals surface area contributed by atoms with Crippen LogP contribution in [0.15, 0.2) is 52.4 Å². The number of sulfonamides is 1. The molecule has 0 fully saturated rings. The molecule has 6 nitrogen and oxygen atoms in total. The monoisotopic (exact) mass is 453 g/mol. The Bertz CT molecular complexity index is 1080. The van der Waals surface area contributed by atoms with Crippen LogP contribution in [0.2, 0.25) is 10.0 Å². The van der Waals surface area contributed by atoms with Crippen molar-refractivity contribution in [2.75, 3.05) is 6.54 Å². The lowest BCUT2D eigenvalue weighted by Gasteiger charge is -2.28. The molecule has 2 aromatic carbocycles. The van der Waals surface area contributed by atoms with Gasteiger partial charge in [-0.2, -0.15) is 0 Å². The number of amides is 1. The maximum absolute atomic E-state index is 12.6. The Hall–Kier alpha value is -2.09. The molecule has 0 aliphatic carbocycles. The van der Waals surface area contributed by atoms with Gasteiger partial charge in [0.25, 0.3) is 10.0 Å². The molecule has 0 saturated carbocycles. The van der Waals surface area contributed by atoms with E-state index in [0.717, 1.165) is 5.56 Å². The summed E-state index contributed by atoms with van der Waals surface area (Å²) in [5.41, 5.74) is 0.690. The Kier molecular flexibility index (Phi) is 5.94. The molecule has 1 aliphatic heterocycles. The van der Waals surface area contributed by atoms with E-state index in [1.165, 1.54) is 6.07 Å². The van der Waals surface area contributed by atoms with E-state index in [1.54, 1.807) is 43.3 Å². The standard InChI is InChI=1S/C20H21Cl2N3O3S/c1-12(24-18-13-7-4-5-10-16(13)29(27,28)25-18)19(26)23-11-20(2,3)17-14(21)8-6-9-15(17)22/h4-10,12H,11H2,1-3H3,(H,23,26)(H,24,25)/t12-/m0/s1. The molecule has 0 radical (unpaired) electrons. The van der Waals surface area contributed by atoms with Crippen LogP contribution in [0, 0.1) is 0 Å². The highest BCUT2D eigenvalue weighted by Crippen LogP contribution is 2.35. The highest BCUT2D eigenvalue weighted by atomic mass is 35.5. The molecule has 9 heteroatoms. The van der Waals surface area contributed by atoms with Crippen LogP contribution in [-0.2, 0) is 20.2 Å². The number of hydrogen-bond donors (Lipinski definition) is 2. The third kappa shape index (κ3) is 4.42. The summed E-state index contributed by atoms with van der Waals surface area (Å²) in [4.78, 5) is 17.0. The summed E-state index contributed by atoms with van der Waals surface area (Å²) in [6.07, 6.45) is 0. The zero-order valence-electron chi connectivity index (χ0n) is 16.2. The smallest absolute Gasteiger partial charge is 0.263 e. The largest absolute Gasteiger partial charge is 0.353 e. The van der Waals surface area contributed by atoms with Crippen molar-refractivity contribution in [3.05, 3.63) is 63.6 Å². The Labute approximate surface area is 180 Å². The average molecular weight is 454 g/mol. The molecule has 0 saturated heterocycles. The molecule has 1 heterocycles. The molecule has 0 bridgehead atoms. The summed E-state index contributed by atoms with van der Waals surface area (Å²) < 4.78 is 26.8. The first-order valence-corrected chi connectivity index (χ1v) is 11.2. The molecular formula is C20H21Cl2N3O3S. The molecule has 2 aromatic rings. The molecule has 0 aromatic heterocycles. The van der Waals surface area contributed by atoms with Crippen LogP contribution in [0.4, 0.5) is 0 Å². The lowest BCUT2D eigenvalue weighted by Crippen LogP contribution is -2.41. The molecule has 0 unspecified atom stereocenters. The van der Waals surface area contributed by atoms with Gasteiger partial charge in [0.1, 0.15) is 11.9 Å². The van der Waals surface area contributed by atoms with Gasteiger partial charge in [0.2, 0.25) is 5.91 Å². The summed E-state index contributed by atoms with van der Waals surface area (Å²) >= 11 is 12.6. The normalized spacial score (nSPS) is 17.5. The zero-order chi connectivity index (χ0) is 21.4. The molecule has 2 N–H and O–H groups in total. The first-order valence-electron chi connectivity index (χ1n) is 8.95. The van der Waals surface area contributed by atoms with Crippen molar-refractivity contribution >= 4 is 45.0 Å². The zero-order valence-corrected chi connectivity index (χ0v) is 18.5. The van der Waals surface area contributed by atoms with E-state index in [-0.39, 0.29) is 23.2 Å². The number of nitrogens with zero attached hydrogens (tertiary/aromatic N) is 1. The second-order valence-electron chi connectivity index (χ2n) is 7.45. The number of hydrogen-bond acceptors (Lipinski definition) is 4. The summed E-state index contributed by atoms with van der Waals surface area (Å²) in [7, 11) is -3.65. The fourth-order valence-electron chi connectivity index (χ4n) is 3.17. The molecule has 1 aliphatic rings. The van der Waals surface area contributed by atoms with Gasteiger partial charge in [-0.25, -0.2) is 8.42 Å². The number of nitrogens with one attached hydrogen (secondary N) is 2. The number of benzene rings is 2. The van der Waals surface area contributed by atoms with Crippen LogP contribution in [0.1, 0.15) is 31.9 Å². The Morgan fingerprint density at radius 1 is 1.14 bits per heavy atom. The molecular weight excluding hydrogens is 433 g/mol. The number of carbonyl (C=O) groups excluding carboxylic acids is 1. The lowest BCUT2D eigenvalue weighted by molar-refractivity contribution is -0.122. The number of rotatable bonds is 5. The second-order valence-corrected chi connectivity index (χ2v) is 9.92. The number of aliphatic imine (C=N–C) groups is 1. The SMILES string of the molecule is C[C@H](N=C1NS(=O)(=O)c2ccccc21)C(=O)NCC(C)(C)c1c(Cl)cccc1Cl. The van der Waals surface area contributed by atoms with Gasteiger partial charge in [-0.3, -0.25) is 14.5 Å². The van der Waals surface area contributed by atoms with Gasteiger partial charge >= 0.3 is 0 Å². The van der Waals surface area contributed by atoms with E-state index in [2.05, 4.69) is 15.0 Å². The minimum atomic E-state index is -3.65. The molecule has 1 atom stereocenters. The molecule has 154 valence electrons. The van der Waals surface area contributed by atoms with Crippen LogP contribution in [-0.4, -0.2) is 32.7 Å². The van der Waals surface area contributed by atoms with Crippen molar-refractivity contribution in [1.82, 2.24) is 10.0 Å². The van der Waals surface area contributed by atoms with E-state index in [9.17, 15) is 13.2 Å². The summed E-state index contributed by atoms with van der Waals surface area (Å²) in [5.74, 6) is -0.172. The van der Waals surface area contributed by atoms with Crippen molar-refractivity contribution in [2.24, 2.45) is 4.99 Å². The van der Waals surface area contributed by atoms with Crippen molar-refractivity contribution in [1.29, 1.82) is 0 Å². The third-order valence-corrected chi connectivity index (χ3v) is 6.74. The van der Waals surface area contributed by atoms with Crippen LogP contribution >= 0.6 is 23.2 Å². The maximum atomic E-state index is 12.6. The molecule has 3 rings (SSSR count). The van der Waals surface area contributed by atoms with Gasteiger partial charge in [-0.1, -0.05) is 55.2 Å². The number of carbonyl (C=O) groups is 1. The van der Waals surface area contributed by atoms with Crippen LogP contribution in [0.25, 0.3) is 0 Å². The molecule has 1 amide bonds.